The molecule has 0 aliphatic carbocycles. The van der Waals surface area contributed by atoms with Crippen molar-refractivity contribution < 1.29 is 14.3 Å². The number of fused-ring (bicyclic) bond motifs is 1. The summed E-state index contributed by atoms with van der Waals surface area (Å²) in [5.41, 5.74) is 8.22. The standard InChI is InChI=1S/C25H24BrClN4O3S/c1-14(17-3-2-4-20(23(17)27)34-16-7-9-29-10-8-16)33-21-12-22(35-24(21)25(28)32)31-13-30-18-6-5-15(26)11-19(18)31/h2-6,11-14,16,29H,7-10H2,1H3,(H2,28,32)/t14-/m1/s1. The second-order valence-corrected chi connectivity index (χ2v) is 10.7. The average molecular weight is 576 g/mol. The first-order chi connectivity index (χ1) is 16.9. The van der Waals surface area contributed by atoms with Crippen LogP contribution in [-0.2, 0) is 0 Å². The van der Waals surface area contributed by atoms with Crippen LogP contribution >= 0.6 is 38.9 Å². The lowest BCUT2D eigenvalue weighted by atomic mass is 10.1. The number of nitrogens with one attached hydrogen (secondary N) is 1. The Bertz CT molecular complexity index is 1380. The number of amides is 1. The van der Waals surface area contributed by atoms with E-state index in [2.05, 4.69) is 26.2 Å². The lowest BCUT2D eigenvalue weighted by Crippen LogP contribution is -2.34. The van der Waals surface area contributed by atoms with Crippen molar-refractivity contribution in [1.82, 2.24) is 14.9 Å². The number of halogens is 2. The average Bonchev–Trinajstić information content (AvgIpc) is 3.45. The van der Waals surface area contributed by atoms with Crippen LogP contribution in [0.15, 0.2) is 53.3 Å². The molecule has 0 radical (unpaired) electrons. The molecule has 7 nitrogen and oxygen atoms in total. The number of aromatic nitrogens is 2. The fourth-order valence-corrected chi connectivity index (χ4v) is 5.78. The van der Waals surface area contributed by atoms with Gasteiger partial charge < -0.3 is 20.5 Å². The highest BCUT2D eigenvalue weighted by atomic mass is 79.9. The van der Waals surface area contributed by atoms with Crippen molar-refractivity contribution >= 4 is 55.8 Å². The van der Waals surface area contributed by atoms with Crippen molar-refractivity contribution in [3.05, 3.63) is 68.7 Å². The molecule has 1 aliphatic heterocycles. The second kappa shape index (κ2) is 10.2. The molecule has 3 N–H and O–H groups in total. The summed E-state index contributed by atoms with van der Waals surface area (Å²) in [6.07, 6.45) is 3.29. The van der Waals surface area contributed by atoms with Crippen molar-refractivity contribution in [3.8, 4) is 16.5 Å². The van der Waals surface area contributed by atoms with Gasteiger partial charge in [0.05, 0.1) is 16.1 Å². The van der Waals surface area contributed by atoms with Crippen molar-refractivity contribution in [2.24, 2.45) is 5.73 Å². The van der Waals surface area contributed by atoms with Crippen molar-refractivity contribution in [2.45, 2.75) is 32.0 Å². The van der Waals surface area contributed by atoms with Crippen LogP contribution in [0.25, 0.3) is 16.0 Å². The highest BCUT2D eigenvalue weighted by Crippen LogP contribution is 2.39. The Kier molecular flexibility index (Phi) is 7.02. The highest BCUT2D eigenvalue weighted by molar-refractivity contribution is 9.10. The smallest absolute Gasteiger partial charge is 0.262 e. The number of benzene rings is 2. The fourth-order valence-electron chi connectivity index (χ4n) is 4.18. The minimum Gasteiger partial charge on any atom is -0.489 e. The van der Waals surface area contributed by atoms with Crippen molar-refractivity contribution in [2.75, 3.05) is 13.1 Å². The van der Waals surface area contributed by atoms with Gasteiger partial charge in [-0.25, -0.2) is 4.98 Å². The number of thiophene rings is 1. The molecule has 1 saturated heterocycles. The number of rotatable bonds is 7. The maximum Gasteiger partial charge on any atom is 0.262 e. The summed E-state index contributed by atoms with van der Waals surface area (Å²) in [6, 6.07) is 13.3. The molecule has 1 amide bonds. The zero-order valence-corrected chi connectivity index (χ0v) is 22.1. The molecular weight excluding hydrogens is 552 g/mol. The maximum absolute atomic E-state index is 12.3. The molecule has 1 atom stereocenters. The third kappa shape index (κ3) is 5.04. The van der Waals surface area contributed by atoms with E-state index in [4.69, 9.17) is 26.8 Å². The number of hydrogen-bond donors (Lipinski definition) is 2. The minimum atomic E-state index is -0.553. The van der Waals surface area contributed by atoms with Crippen LogP contribution < -0.4 is 20.5 Å². The summed E-state index contributed by atoms with van der Waals surface area (Å²) >= 11 is 11.5. The highest BCUT2D eigenvalue weighted by Gasteiger charge is 2.23. The molecule has 0 unspecified atom stereocenters. The number of carbonyl (C=O) groups is 1. The number of carbonyl (C=O) groups excluding carboxylic acids is 1. The molecule has 5 rings (SSSR count). The molecule has 2 aromatic heterocycles. The van der Waals surface area contributed by atoms with E-state index in [9.17, 15) is 4.79 Å². The van der Waals surface area contributed by atoms with Gasteiger partial charge in [0.25, 0.3) is 5.91 Å². The first-order valence-corrected chi connectivity index (χ1v) is 13.3. The van der Waals surface area contributed by atoms with E-state index in [1.165, 1.54) is 11.3 Å². The van der Waals surface area contributed by atoms with E-state index >= 15 is 0 Å². The molecule has 10 heteroatoms. The topological polar surface area (TPSA) is 91.4 Å². The van der Waals surface area contributed by atoms with Gasteiger partial charge in [0.2, 0.25) is 0 Å². The lowest BCUT2D eigenvalue weighted by Gasteiger charge is -2.25. The quantitative estimate of drug-likeness (QED) is 0.287. The predicted octanol–water partition coefficient (Wildman–Crippen LogP) is 5.87. The summed E-state index contributed by atoms with van der Waals surface area (Å²) in [5.74, 6) is 0.494. The summed E-state index contributed by atoms with van der Waals surface area (Å²) in [7, 11) is 0. The SMILES string of the molecule is C[C@@H](Oc1cc(-n2cnc3ccc(Br)cc32)sc1C(N)=O)c1cccc(OC2CCNCC2)c1Cl. The van der Waals surface area contributed by atoms with Crippen LogP contribution in [0.2, 0.25) is 5.02 Å². The molecule has 4 aromatic rings. The Morgan fingerprint density at radius 1 is 1.26 bits per heavy atom. The first-order valence-electron chi connectivity index (χ1n) is 11.3. The summed E-state index contributed by atoms with van der Waals surface area (Å²) in [4.78, 5) is 17.0. The van der Waals surface area contributed by atoms with Crippen LogP contribution in [-0.4, -0.2) is 34.7 Å². The van der Waals surface area contributed by atoms with Gasteiger partial charge in [-0.2, -0.15) is 0 Å². The molecule has 35 heavy (non-hydrogen) atoms. The van der Waals surface area contributed by atoms with Gasteiger partial charge in [0.15, 0.2) is 0 Å². The van der Waals surface area contributed by atoms with Crippen LogP contribution in [0.3, 0.4) is 0 Å². The number of imidazole rings is 1. The Morgan fingerprint density at radius 2 is 2.06 bits per heavy atom. The molecule has 0 bridgehead atoms. The zero-order chi connectivity index (χ0) is 24.5. The van der Waals surface area contributed by atoms with Gasteiger partial charge in [-0.15, -0.1) is 11.3 Å². The number of nitrogens with two attached hydrogens (primary N) is 1. The fraction of sp³-hybridized carbons (Fsp3) is 0.280. The normalized spacial score (nSPS) is 15.3. The number of hydrogen-bond acceptors (Lipinski definition) is 6. The molecule has 1 aliphatic rings. The molecule has 0 spiro atoms. The first kappa shape index (κ1) is 24.1. The van der Waals surface area contributed by atoms with Crippen molar-refractivity contribution in [3.63, 3.8) is 0 Å². The molecule has 182 valence electrons. The van der Waals surface area contributed by atoms with E-state index in [1.54, 1.807) is 6.33 Å². The number of ether oxygens (including phenoxy) is 2. The van der Waals surface area contributed by atoms with Gasteiger partial charge in [0.1, 0.15) is 39.9 Å². The maximum atomic E-state index is 12.3. The molecule has 0 saturated carbocycles. The van der Waals surface area contributed by atoms with Gasteiger partial charge in [-0.1, -0.05) is 39.7 Å². The van der Waals surface area contributed by atoms with E-state index in [0.29, 0.717) is 21.4 Å². The van der Waals surface area contributed by atoms with Crippen LogP contribution in [0, 0.1) is 0 Å². The molecule has 2 aromatic carbocycles. The van der Waals surface area contributed by atoms with Crippen LogP contribution in [0.4, 0.5) is 0 Å². The summed E-state index contributed by atoms with van der Waals surface area (Å²) in [6.45, 7) is 3.75. The molecule has 1 fully saturated rings. The lowest BCUT2D eigenvalue weighted by molar-refractivity contribution is 0.0998. The van der Waals surface area contributed by atoms with Crippen LogP contribution in [0.5, 0.6) is 11.5 Å². The van der Waals surface area contributed by atoms with Crippen LogP contribution in [0.1, 0.15) is 41.1 Å². The van der Waals surface area contributed by atoms with E-state index in [1.807, 2.05) is 54.0 Å². The Morgan fingerprint density at radius 3 is 2.83 bits per heavy atom. The van der Waals surface area contributed by atoms with Gasteiger partial charge >= 0.3 is 0 Å². The van der Waals surface area contributed by atoms with Gasteiger partial charge in [-0.05, 0) is 57.1 Å². The third-order valence-corrected chi connectivity index (χ3v) is 8.00. The van der Waals surface area contributed by atoms with E-state index < -0.39 is 12.0 Å². The minimum absolute atomic E-state index is 0.131. The monoisotopic (exact) mass is 574 g/mol. The Labute approximate surface area is 220 Å². The third-order valence-electron chi connectivity index (χ3n) is 5.97. The largest absolute Gasteiger partial charge is 0.489 e. The van der Waals surface area contributed by atoms with Gasteiger partial charge in [0, 0.05) is 16.1 Å². The molecular formula is C25H24BrClN4O3S. The Hall–Kier alpha value is -2.59. The second-order valence-electron chi connectivity index (χ2n) is 8.38. The number of piperidine rings is 1. The van der Waals surface area contributed by atoms with Gasteiger partial charge in [-0.3, -0.25) is 9.36 Å². The zero-order valence-electron chi connectivity index (χ0n) is 19.0. The number of nitrogens with zero attached hydrogens (tertiary/aromatic N) is 2. The predicted molar refractivity (Wildman–Crippen MR) is 142 cm³/mol. The Balaban J connectivity index is 1.43. The summed E-state index contributed by atoms with van der Waals surface area (Å²) in [5, 5.41) is 4.62. The molecule has 3 heterocycles. The van der Waals surface area contributed by atoms with Crippen molar-refractivity contribution in [1.29, 1.82) is 0 Å². The van der Waals surface area contributed by atoms with E-state index in [-0.39, 0.29) is 6.10 Å². The summed E-state index contributed by atoms with van der Waals surface area (Å²) < 4.78 is 15.3. The van der Waals surface area contributed by atoms with E-state index in [0.717, 1.165) is 52.0 Å². The number of primary amides is 1.